The van der Waals surface area contributed by atoms with E-state index in [1.165, 1.54) is 18.4 Å². The molecule has 0 saturated heterocycles. The number of hydrogen-bond acceptors (Lipinski definition) is 8. The first-order valence-corrected chi connectivity index (χ1v) is 12.3. The molecule has 0 aliphatic rings. The van der Waals surface area contributed by atoms with E-state index in [-0.39, 0.29) is 12.2 Å². The number of fused-ring (bicyclic) bond motifs is 1. The number of aromatic nitrogens is 2. The van der Waals surface area contributed by atoms with Crippen LogP contribution in [0.5, 0.6) is 0 Å². The van der Waals surface area contributed by atoms with Crippen molar-refractivity contribution in [3.63, 3.8) is 0 Å². The summed E-state index contributed by atoms with van der Waals surface area (Å²) in [5.74, 6) is 0.405. The molecule has 2 N–H and O–H groups in total. The number of benzene rings is 1. The largest absolute Gasteiger partial charge is 0.465 e. The lowest BCUT2D eigenvalue weighted by Crippen LogP contribution is -2.35. The molecule has 0 spiro atoms. The third-order valence-electron chi connectivity index (χ3n) is 5.29. The van der Waals surface area contributed by atoms with Crippen LogP contribution < -0.4 is 5.56 Å². The van der Waals surface area contributed by atoms with Crippen molar-refractivity contribution in [2.75, 3.05) is 26.9 Å². The summed E-state index contributed by atoms with van der Waals surface area (Å²) in [6.45, 7) is 8.09. The maximum Gasteiger partial charge on any atom is 0.348 e. The van der Waals surface area contributed by atoms with Crippen LogP contribution in [0, 0.1) is 5.92 Å². The van der Waals surface area contributed by atoms with Gasteiger partial charge in [-0.2, -0.15) is 0 Å². The van der Waals surface area contributed by atoms with Crippen molar-refractivity contribution in [3.8, 4) is 0 Å². The number of H-pyrrole nitrogens is 1. The molecular weight excluding hydrogens is 454 g/mol. The molecule has 1 atom stereocenters. The minimum Gasteiger partial charge on any atom is -0.465 e. The predicted molar refractivity (Wildman–Crippen MR) is 133 cm³/mol. The second kappa shape index (κ2) is 12.2. The lowest BCUT2D eigenvalue weighted by molar-refractivity contribution is 0.00517. The molecule has 0 radical (unpaired) electrons. The molecule has 34 heavy (non-hydrogen) atoms. The van der Waals surface area contributed by atoms with Crippen molar-refractivity contribution in [1.29, 1.82) is 0 Å². The highest BCUT2D eigenvalue weighted by molar-refractivity contribution is 7.20. The molecule has 2 aromatic heterocycles. The van der Waals surface area contributed by atoms with E-state index in [4.69, 9.17) is 9.47 Å². The van der Waals surface area contributed by atoms with Crippen LogP contribution in [0.25, 0.3) is 10.2 Å². The molecule has 0 amide bonds. The number of esters is 1. The Balaban J connectivity index is 1.86. The third-order valence-corrected chi connectivity index (χ3v) is 6.39. The number of aromatic amines is 1. The Morgan fingerprint density at radius 3 is 2.59 bits per heavy atom. The summed E-state index contributed by atoms with van der Waals surface area (Å²) in [6, 6.07) is 9.92. The van der Waals surface area contributed by atoms with Crippen LogP contribution >= 0.6 is 11.3 Å². The molecule has 1 aromatic carbocycles. The highest BCUT2D eigenvalue weighted by atomic mass is 32.1. The number of carbonyl (C=O) groups is 1. The van der Waals surface area contributed by atoms with Gasteiger partial charge in [-0.05, 0) is 23.5 Å². The number of nitrogens with one attached hydrogen (secondary N) is 1. The first-order valence-electron chi connectivity index (χ1n) is 11.5. The van der Waals surface area contributed by atoms with E-state index in [1.807, 2.05) is 42.2 Å². The van der Waals surface area contributed by atoms with E-state index in [0.29, 0.717) is 65.1 Å². The number of aliphatic hydroxyl groups excluding tert-OH is 1. The average Bonchev–Trinajstić information content (AvgIpc) is 3.18. The second-order valence-corrected chi connectivity index (χ2v) is 9.69. The Kier molecular flexibility index (Phi) is 9.35. The number of thiophene rings is 1. The predicted octanol–water partition coefficient (Wildman–Crippen LogP) is 3.37. The molecule has 9 heteroatoms. The molecule has 3 rings (SSSR count). The van der Waals surface area contributed by atoms with Gasteiger partial charge in [-0.15, -0.1) is 11.3 Å². The number of aliphatic hydroxyl groups is 1. The van der Waals surface area contributed by atoms with Gasteiger partial charge in [0.15, 0.2) is 0 Å². The number of nitrogens with zero attached hydrogens (tertiary/aromatic N) is 2. The van der Waals surface area contributed by atoms with Gasteiger partial charge < -0.3 is 19.6 Å². The maximum absolute atomic E-state index is 12.9. The molecule has 184 valence electrons. The van der Waals surface area contributed by atoms with Crippen molar-refractivity contribution in [3.05, 3.63) is 62.5 Å². The lowest BCUT2D eigenvalue weighted by Gasteiger charge is -2.25. The average molecular weight is 488 g/mol. The van der Waals surface area contributed by atoms with E-state index >= 15 is 0 Å². The SMILES string of the molecule is CCc1c(C(=O)OC)sc2nc(CN(Cc3ccccc3)C[C@@H](O)COCC(C)C)[nH]c(=O)c12. The summed E-state index contributed by atoms with van der Waals surface area (Å²) in [4.78, 5) is 35.6. The van der Waals surface area contributed by atoms with E-state index in [0.717, 1.165) is 5.56 Å². The highest BCUT2D eigenvalue weighted by Gasteiger charge is 2.22. The molecule has 0 fully saturated rings. The number of ether oxygens (including phenoxy) is 2. The van der Waals surface area contributed by atoms with Crippen LogP contribution in [0.2, 0.25) is 0 Å². The summed E-state index contributed by atoms with van der Waals surface area (Å²) >= 11 is 1.17. The van der Waals surface area contributed by atoms with Crippen molar-refractivity contribution in [2.24, 2.45) is 5.92 Å². The highest BCUT2D eigenvalue weighted by Crippen LogP contribution is 2.29. The quantitative estimate of drug-likeness (QED) is 0.378. The van der Waals surface area contributed by atoms with Crippen LogP contribution in [0.3, 0.4) is 0 Å². The fourth-order valence-corrected chi connectivity index (χ4v) is 5.01. The maximum atomic E-state index is 12.9. The summed E-state index contributed by atoms with van der Waals surface area (Å²) in [5, 5.41) is 11.0. The molecule has 2 heterocycles. The standard InChI is InChI=1S/C25H33N3O5S/c1-5-19-21-23(30)26-20(27-24(21)34-22(19)25(31)32-4)13-28(11-17-9-7-6-8-10-17)12-18(29)15-33-14-16(2)3/h6-10,16,18,29H,5,11-15H2,1-4H3,(H,26,27,30)/t18-/m1/s1. The van der Waals surface area contributed by atoms with Crippen LogP contribution in [-0.4, -0.2) is 58.9 Å². The van der Waals surface area contributed by atoms with Crippen molar-refractivity contribution in [1.82, 2.24) is 14.9 Å². The first kappa shape index (κ1) is 26.0. The van der Waals surface area contributed by atoms with Gasteiger partial charge in [0.2, 0.25) is 0 Å². The monoisotopic (exact) mass is 487 g/mol. The van der Waals surface area contributed by atoms with Crippen LogP contribution in [0.4, 0.5) is 0 Å². The van der Waals surface area contributed by atoms with Crippen LogP contribution in [0.15, 0.2) is 35.1 Å². The molecule has 8 nitrogen and oxygen atoms in total. The molecule has 0 aliphatic heterocycles. The number of rotatable bonds is 12. The summed E-state index contributed by atoms with van der Waals surface area (Å²) in [5.41, 5.74) is 1.47. The Morgan fingerprint density at radius 1 is 1.21 bits per heavy atom. The lowest BCUT2D eigenvalue weighted by atomic mass is 10.1. The second-order valence-electron chi connectivity index (χ2n) is 8.69. The van der Waals surface area contributed by atoms with E-state index in [9.17, 15) is 14.7 Å². The zero-order valence-corrected chi connectivity index (χ0v) is 21.0. The van der Waals surface area contributed by atoms with Gasteiger partial charge in [0, 0.05) is 19.7 Å². The number of aryl methyl sites for hydroxylation is 1. The van der Waals surface area contributed by atoms with Gasteiger partial charge in [-0.25, -0.2) is 9.78 Å². The number of carbonyl (C=O) groups excluding carboxylic acids is 1. The zero-order valence-electron chi connectivity index (χ0n) is 20.2. The van der Waals surface area contributed by atoms with E-state index in [1.54, 1.807) is 0 Å². The van der Waals surface area contributed by atoms with Crippen molar-refractivity contribution < 1.29 is 19.4 Å². The summed E-state index contributed by atoms with van der Waals surface area (Å²) < 4.78 is 10.5. The van der Waals surface area contributed by atoms with E-state index in [2.05, 4.69) is 23.8 Å². The smallest absolute Gasteiger partial charge is 0.348 e. The fourth-order valence-electron chi connectivity index (χ4n) is 3.81. The van der Waals surface area contributed by atoms with Gasteiger partial charge in [0.25, 0.3) is 5.56 Å². The molecule has 0 saturated carbocycles. The fraction of sp³-hybridized carbons (Fsp3) is 0.480. The molecule has 3 aromatic rings. The molecular formula is C25H33N3O5S. The third kappa shape index (κ3) is 6.73. The van der Waals surface area contributed by atoms with Gasteiger partial charge >= 0.3 is 5.97 Å². The minimum absolute atomic E-state index is 0.236. The molecule has 0 aliphatic carbocycles. The Bertz CT molecular complexity index is 1140. The Hall–Kier alpha value is -2.59. The topological polar surface area (TPSA) is 105 Å². The number of hydrogen-bond donors (Lipinski definition) is 2. The number of methoxy groups -OCH3 is 1. The van der Waals surface area contributed by atoms with E-state index < -0.39 is 12.1 Å². The van der Waals surface area contributed by atoms with Gasteiger partial charge in [-0.3, -0.25) is 9.69 Å². The Morgan fingerprint density at radius 2 is 1.94 bits per heavy atom. The van der Waals surface area contributed by atoms with Gasteiger partial charge in [-0.1, -0.05) is 51.1 Å². The molecule has 0 unspecified atom stereocenters. The zero-order chi connectivity index (χ0) is 24.7. The van der Waals surface area contributed by atoms with Gasteiger partial charge in [0.05, 0.1) is 31.8 Å². The van der Waals surface area contributed by atoms with Crippen molar-refractivity contribution in [2.45, 2.75) is 46.4 Å². The van der Waals surface area contributed by atoms with Crippen LogP contribution in [-0.2, 0) is 29.0 Å². The first-order chi connectivity index (χ1) is 16.3. The summed E-state index contributed by atoms with van der Waals surface area (Å²) in [7, 11) is 1.33. The minimum atomic E-state index is -0.683. The Labute approximate surface area is 203 Å². The van der Waals surface area contributed by atoms with Crippen LogP contribution in [0.1, 0.15) is 47.4 Å². The normalized spacial score (nSPS) is 12.6. The van der Waals surface area contributed by atoms with Gasteiger partial charge in [0.1, 0.15) is 15.5 Å². The molecule has 0 bridgehead atoms. The van der Waals surface area contributed by atoms with Crippen molar-refractivity contribution >= 4 is 27.5 Å². The summed E-state index contributed by atoms with van der Waals surface area (Å²) in [6.07, 6.45) is -0.158.